The van der Waals surface area contributed by atoms with E-state index >= 15 is 0 Å². The minimum Gasteiger partial charge on any atom is -0.497 e. The summed E-state index contributed by atoms with van der Waals surface area (Å²) in [4.78, 5) is 0. The standard InChI is InChI=1S/C12H20O8P2/c1-15-11-8-6-10(7-9-11)12(21(13,16-2)17-3)20-22(14,18-4)19-5/h6-9,12H,1-5H3. The molecule has 1 atom stereocenters. The predicted molar refractivity (Wildman–Crippen MR) is 80.1 cm³/mol. The lowest BCUT2D eigenvalue weighted by Gasteiger charge is -2.26. The van der Waals surface area contributed by atoms with Gasteiger partial charge in [0.05, 0.1) is 7.11 Å². The molecule has 0 fully saturated rings. The fourth-order valence-corrected chi connectivity index (χ4v) is 4.18. The van der Waals surface area contributed by atoms with Crippen LogP contribution in [0.25, 0.3) is 0 Å². The van der Waals surface area contributed by atoms with Crippen molar-refractivity contribution in [2.24, 2.45) is 0 Å². The maximum absolute atomic E-state index is 12.7. The van der Waals surface area contributed by atoms with Gasteiger partial charge in [0.15, 0.2) is 5.85 Å². The van der Waals surface area contributed by atoms with Gasteiger partial charge in [0.1, 0.15) is 5.75 Å². The van der Waals surface area contributed by atoms with Gasteiger partial charge in [-0.1, -0.05) is 12.1 Å². The Hall–Kier alpha value is -0.720. The maximum Gasteiger partial charge on any atom is 0.475 e. The zero-order chi connectivity index (χ0) is 16.8. The van der Waals surface area contributed by atoms with Crippen LogP contribution >= 0.6 is 15.4 Å². The molecule has 0 radical (unpaired) electrons. The number of phosphoric acid groups is 1. The minimum absolute atomic E-state index is 0.405. The number of rotatable bonds is 9. The Morgan fingerprint density at radius 2 is 1.32 bits per heavy atom. The van der Waals surface area contributed by atoms with Crippen LogP contribution in [0.15, 0.2) is 24.3 Å². The molecule has 0 aliphatic rings. The molecule has 0 saturated carbocycles. The third kappa shape index (κ3) is 4.40. The van der Waals surface area contributed by atoms with Crippen LogP contribution in [0, 0.1) is 0 Å². The van der Waals surface area contributed by atoms with Gasteiger partial charge >= 0.3 is 15.4 Å². The molecule has 0 amide bonds. The van der Waals surface area contributed by atoms with E-state index in [0.717, 1.165) is 14.2 Å². The first-order chi connectivity index (χ1) is 10.4. The molecule has 0 heterocycles. The van der Waals surface area contributed by atoms with Crippen molar-refractivity contribution in [2.75, 3.05) is 35.5 Å². The van der Waals surface area contributed by atoms with Crippen LogP contribution in [0.1, 0.15) is 11.4 Å². The van der Waals surface area contributed by atoms with Crippen molar-refractivity contribution in [3.8, 4) is 5.75 Å². The first-order valence-electron chi connectivity index (χ1n) is 6.13. The minimum atomic E-state index is -3.91. The number of methoxy groups -OCH3 is 1. The van der Waals surface area contributed by atoms with Crippen LogP contribution in [-0.2, 0) is 31.7 Å². The number of ether oxygens (including phenoxy) is 1. The lowest BCUT2D eigenvalue weighted by molar-refractivity contribution is 0.116. The van der Waals surface area contributed by atoms with Gasteiger partial charge in [-0.25, -0.2) is 4.57 Å². The van der Waals surface area contributed by atoms with Gasteiger partial charge < -0.3 is 13.8 Å². The summed E-state index contributed by atoms with van der Waals surface area (Å²) in [6.45, 7) is 0. The summed E-state index contributed by atoms with van der Waals surface area (Å²) in [5, 5.41) is 0. The second kappa shape index (κ2) is 8.22. The van der Waals surface area contributed by atoms with E-state index in [2.05, 4.69) is 0 Å². The van der Waals surface area contributed by atoms with Gasteiger partial charge in [-0.15, -0.1) is 0 Å². The zero-order valence-corrected chi connectivity index (χ0v) is 14.8. The average Bonchev–Trinajstić information content (AvgIpc) is 2.59. The predicted octanol–water partition coefficient (Wildman–Crippen LogP) is 3.60. The molecule has 0 aliphatic heterocycles. The molecule has 0 aromatic heterocycles. The number of hydrogen-bond acceptors (Lipinski definition) is 8. The topological polar surface area (TPSA) is 89.5 Å². The van der Waals surface area contributed by atoms with E-state index in [1.807, 2.05) is 0 Å². The highest BCUT2D eigenvalue weighted by atomic mass is 31.2. The molecule has 1 unspecified atom stereocenters. The molecule has 0 saturated heterocycles. The molecule has 22 heavy (non-hydrogen) atoms. The summed E-state index contributed by atoms with van der Waals surface area (Å²) in [7, 11) is -1.44. The highest BCUT2D eigenvalue weighted by Crippen LogP contribution is 2.66. The first kappa shape index (κ1) is 19.3. The van der Waals surface area contributed by atoms with Crippen LogP contribution in [0.2, 0.25) is 0 Å². The molecule has 10 heteroatoms. The molecule has 126 valence electrons. The molecule has 8 nitrogen and oxygen atoms in total. The van der Waals surface area contributed by atoms with E-state index in [4.69, 9.17) is 27.4 Å². The molecule has 0 bridgehead atoms. The van der Waals surface area contributed by atoms with Crippen molar-refractivity contribution in [2.45, 2.75) is 5.85 Å². The highest BCUT2D eigenvalue weighted by molar-refractivity contribution is 7.55. The van der Waals surface area contributed by atoms with Crippen molar-refractivity contribution in [1.29, 1.82) is 0 Å². The third-order valence-corrected chi connectivity index (χ3v) is 6.40. The Balaban J connectivity index is 3.27. The van der Waals surface area contributed by atoms with Crippen LogP contribution in [0.3, 0.4) is 0 Å². The lowest BCUT2D eigenvalue weighted by Crippen LogP contribution is -2.08. The van der Waals surface area contributed by atoms with Gasteiger partial charge in [0.25, 0.3) is 0 Å². The average molecular weight is 354 g/mol. The van der Waals surface area contributed by atoms with E-state index in [0.29, 0.717) is 11.3 Å². The Bertz CT molecular complexity index is 543. The van der Waals surface area contributed by atoms with Gasteiger partial charge in [-0.2, -0.15) is 0 Å². The number of phosphoric ester groups is 1. The quantitative estimate of drug-likeness (QED) is 0.622. The Kier molecular flexibility index (Phi) is 7.22. The molecular formula is C12H20O8P2. The summed E-state index contributed by atoms with van der Waals surface area (Å²) in [5.41, 5.74) is 0.405. The molecule has 0 aliphatic carbocycles. The number of benzene rings is 1. The van der Waals surface area contributed by atoms with Crippen molar-refractivity contribution < 1.29 is 36.5 Å². The largest absolute Gasteiger partial charge is 0.497 e. The molecule has 0 N–H and O–H groups in total. The summed E-state index contributed by atoms with van der Waals surface area (Å²) in [6.07, 6.45) is 0. The first-order valence-corrected chi connectivity index (χ1v) is 9.20. The SMILES string of the molecule is COc1ccc(C(OP(=O)(OC)OC)P(=O)(OC)OC)cc1. The molecular weight excluding hydrogens is 334 g/mol. The Morgan fingerprint density at radius 3 is 1.68 bits per heavy atom. The molecule has 1 rings (SSSR count). The Morgan fingerprint density at radius 1 is 0.818 bits per heavy atom. The van der Waals surface area contributed by atoms with Gasteiger partial charge in [0.2, 0.25) is 0 Å². The van der Waals surface area contributed by atoms with E-state index in [-0.39, 0.29) is 0 Å². The van der Waals surface area contributed by atoms with E-state index in [1.165, 1.54) is 21.3 Å². The van der Waals surface area contributed by atoms with Crippen molar-refractivity contribution >= 4 is 15.4 Å². The fraction of sp³-hybridized carbons (Fsp3) is 0.500. The van der Waals surface area contributed by atoms with E-state index < -0.39 is 21.3 Å². The second-order valence-electron chi connectivity index (χ2n) is 3.95. The summed E-state index contributed by atoms with van der Waals surface area (Å²) in [6, 6.07) is 6.44. The van der Waals surface area contributed by atoms with Gasteiger partial charge in [0, 0.05) is 28.4 Å². The van der Waals surface area contributed by atoms with Crippen molar-refractivity contribution in [3.05, 3.63) is 29.8 Å². The smallest absolute Gasteiger partial charge is 0.475 e. The van der Waals surface area contributed by atoms with Crippen LogP contribution in [0.4, 0.5) is 0 Å². The van der Waals surface area contributed by atoms with Crippen LogP contribution in [0.5, 0.6) is 5.75 Å². The summed E-state index contributed by atoms with van der Waals surface area (Å²) >= 11 is 0. The zero-order valence-electron chi connectivity index (χ0n) is 13.0. The van der Waals surface area contributed by atoms with Gasteiger partial charge in [-0.3, -0.25) is 18.1 Å². The second-order valence-corrected chi connectivity index (χ2v) is 8.06. The Labute approximate surface area is 129 Å². The van der Waals surface area contributed by atoms with E-state index in [1.54, 1.807) is 24.3 Å². The van der Waals surface area contributed by atoms with Crippen LogP contribution < -0.4 is 4.74 Å². The molecule has 0 spiro atoms. The van der Waals surface area contributed by atoms with Gasteiger partial charge in [-0.05, 0) is 17.7 Å². The number of hydrogen-bond donors (Lipinski definition) is 0. The molecule has 1 aromatic carbocycles. The van der Waals surface area contributed by atoms with Crippen molar-refractivity contribution in [3.63, 3.8) is 0 Å². The maximum atomic E-state index is 12.7. The normalized spacial score (nSPS) is 13.9. The lowest BCUT2D eigenvalue weighted by atomic mass is 10.2. The summed E-state index contributed by atoms with van der Waals surface area (Å²) < 4.78 is 54.6. The van der Waals surface area contributed by atoms with Crippen molar-refractivity contribution in [1.82, 2.24) is 0 Å². The van der Waals surface area contributed by atoms with E-state index in [9.17, 15) is 9.13 Å². The van der Waals surface area contributed by atoms with Crippen LogP contribution in [-0.4, -0.2) is 35.5 Å². The fourth-order valence-electron chi connectivity index (χ4n) is 1.62. The summed E-state index contributed by atoms with van der Waals surface area (Å²) in [5.74, 6) is -0.701. The third-order valence-electron chi connectivity index (χ3n) is 2.87. The highest BCUT2D eigenvalue weighted by Gasteiger charge is 2.42. The molecule has 1 aromatic rings. The monoisotopic (exact) mass is 354 g/mol.